The summed E-state index contributed by atoms with van der Waals surface area (Å²) in [7, 11) is -3.62. The Labute approximate surface area is 184 Å². The number of rotatable bonds is 7. The molecule has 3 aromatic rings. The molecule has 1 amide bonds. The standard InChI is InChI=1S/C25H28N2O3S/c1-18(2)21-15-10-11-19(3)24(21)26-25(28)22-14-8-9-16-23(22)27(31(4,29)30)17-20-12-6-5-7-13-20/h5-16,18H,17H2,1-4H3,(H,26,28). The Kier molecular flexibility index (Phi) is 6.81. The van der Waals surface area contributed by atoms with E-state index < -0.39 is 10.0 Å². The van der Waals surface area contributed by atoms with Crippen molar-refractivity contribution in [3.63, 3.8) is 0 Å². The zero-order chi connectivity index (χ0) is 22.6. The van der Waals surface area contributed by atoms with Crippen LogP contribution in [0.3, 0.4) is 0 Å². The van der Waals surface area contributed by atoms with Crippen molar-refractivity contribution >= 4 is 27.3 Å². The molecule has 3 aromatic carbocycles. The minimum absolute atomic E-state index is 0.144. The molecule has 0 atom stereocenters. The van der Waals surface area contributed by atoms with E-state index >= 15 is 0 Å². The maximum Gasteiger partial charge on any atom is 0.257 e. The maximum absolute atomic E-state index is 13.3. The van der Waals surface area contributed by atoms with Crippen LogP contribution in [0, 0.1) is 6.92 Å². The highest BCUT2D eigenvalue weighted by Crippen LogP contribution is 2.30. The van der Waals surface area contributed by atoms with Crippen molar-refractivity contribution in [1.82, 2.24) is 0 Å². The van der Waals surface area contributed by atoms with Gasteiger partial charge in [0.2, 0.25) is 10.0 Å². The lowest BCUT2D eigenvalue weighted by Gasteiger charge is -2.25. The minimum Gasteiger partial charge on any atom is -0.321 e. The molecular formula is C25H28N2O3S. The molecule has 162 valence electrons. The summed E-state index contributed by atoms with van der Waals surface area (Å²) in [6, 6.07) is 22.0. The topological polar surface area (TPSA) is 66.5 Å². The van der Waals surface area contributed by atoms with Crippen LogP contribution < -0.4 is 9.62 Å². The Morgan fingerprint density at radius 3 is 2.23 bits per heavy atom. The first-order valence-corrected chi connectivity index (χ1v) is 12.0. The number of hydrogen-bond donors (Lipinski definition) is 1. The third kappa shape index (κ3) is 5.33. The Morgan fingerprint density at radius 2 is 1.58 bits per heavy atom. The Balaban J connectivity index is 2.02. The van der Waals surface area contributed by atoms with Crippen LogP contribution in [0.5, 0.6) is 0 Å². The van der Waals surface area contributed by atoms with Crippen LogP contribution in [0.15, 0.2) is 72.8 Å². The van der Waals surface area contributed by atoms with Crippen molar-refractivity contribution in [1.29, 1.82) is 0 Å². The molecule has 0 spiro atoms. The predicted octanol–water partition coefficient (Wildman–Crippen LogP) is 5.34. The van der Waals surface area contributed by atoms with E-state index in [0.29, 0.717) is 11.3 Å². The molecule has 31 heavy (non-hydrogen) atoms. The van der Waals surface area contributed by atoms with E-state index in [2.05, 4.69) is 19.2 Å². The molecule has 0 aliphatic rings. The predicted molar refractivity (Wildman–Crippen MR) is 127 cm³/mol. The molecule has 0 unspecified atom stereocenters. The number of amides is 1. The lowest BCUT2D eigenvalue weighted by Crippen LogP contribution is -2.31. The third-order valence-corrected chi connectivity index (χ3v) is 6.28. The van der Waals surface area contributed by atoms with Gasteiger partial charge in [-0.3, -0.25) is 9.10 Å². The van der Waals surface area contributed by atoms with E-state index in [-0.39, 0.29) is 18.4 Å². The number of anilines is 2. The smallest absolute Gasteiger partial charge is 0.257 e. The quantitative estimate of drug-likeness (QED) is 0.544. The van der Waals surface area contributed by atoms with E-state index in [0.717, 1.165) is 28.6 Å². The van der Waals surface area contributed by atoms with Gasteiger partial charge in [-0.2, -0.15) is 0 Å². The molecule has 5 nitrogen and oxygen atoms in total. The zero-order valence-electron chi connectivity index (χ0n) is 18.3. The largest absolute Gasteiger partial charge is 0.321 e. The van der Waals surface area contributed by atoms with Crippen molar-refractivity contribution in [2.45, 2.75) is 33.2 Å². The van der Waals surface area contributed by atoms with E-state index in [1.807, 2.05) is 55.5 Å². The monoisotopic (exact) mass is 436 g/mol. The van der Waals surface area contributed by atoms with Gasteiger partial charge < -0.3 is 5.32 Å². The zero-order valence-corrected chi connectivity index (χ0v) is 19.1. The Hall–Kier alpha value is -3.12. The molecule has 0 aromatic heterocycles. The van der Waals surface area contributed by atoms with Gasteiger partial charge in [-0.15, -0.1) is 0 Å². The van der Waals surface area contributed by atoms with Gasteiger partial charge in [0.05, 0.1) is 24.1 Å². The van der Waals surface area contributed by atoms with Crippen LogP contribution in [0.25, 0.3) is 0 Å². The summed E-state index contributed by atoms with van der Waals surface area (Å²) in [4.78, 5) is 13.3. The lowest BCUT2D eigenvalue weighted by atomic mass is 9.98. The number of nitrogens with zero attached hydrogens (tertiary/aromatic N) is 1. The average molecular weight is 437 g/mol. The van der Waals surface area contributed by atoms with Crippen LogP contribution >= 0.6 is 0 Å². The van der Waals surface area contributed by atoms with Crippen LogP contribution in [-0.4, -0.2) is 20.6 Å². The molecule has 1 N–H and O–H groups in total. The van der Waals surface area contributed by atoms with Gasteiger partial charge in [0.25, 0.3) is 5.91 Å². The van der Waals surface area contributed by atoms with Gasteiger partial charge in [-0.1, -0.05) is 74.5 Å². The second kappa shape index (κ2) is 9.35. The fourth-order valence-electron chi connectivity index (χ4n) is 3.54. The minimum atomic E-state index is -3.62. The second-order valence-corrected chi connectivity index (χ2v) is 9.83. The highest BCUT2D eigenvalue weighted by atomic mass is 32.2. The van der Waals surface area contributed by atoms with Crippen molar-refractivity contribution in [3.05, 3.63) is 95.1 Å². The lowest BCUT2D eigenvalue weighted by molar-refractivity contribution is 0.102. The molecule has 0 aliphatic carbocycles. The van der Waals surface area contributed by atoms with E-state index in [4.69, 9.17) is 0 Å². The van der Waals surface area contributed by atoms with Crippen molar-refractivity contribution < 1.29 is 13.2 Å². The molecule has 0 saturated carbocycles. The van der Waals surface area contributed by atoms with Gasteiger partial charge in [-0.05, 0) is 41.7 Å². The van der Waals surface area contributed by atoms with Gasteiger partial charge >= 0.3 is 0 Å². The molecule has 0 saturated heterocycles. The molecular weight excluding hydrogens is 408 g/mol. The molecule has 0 heterocycles. The van der Waals surface area contributed by atoms with Gasteiger partial charge in [0.1, 0.15) is 0 Å². The number of para-hydroxylation sites is 2. The molecule has 0 bridgehead atoms. The normalized spacial score (nSPS) is 11.4. The number of aryl methyl sites for hydroxylation is 1. The molecule has 3 rings (SSSR count). The van der Waals surface area contributed by atoms with Gasteiger partial charge in [0.15, 0.2) is 0 Å². The summed E-state index contributed by atoms with van der Waals surface area (Å²) in [5, 5.41) is 3.03. The first-order chi connectivity index (χ1) is 14.7. The van der Waals surface area contributed by atoms with Crippen molar-refractivity contribution in [3.8, 4) is 0 Å². The average Bonchev–Trinajstić information content (AvgIpc) is 2.73. The van der Waals surface area contributed by atoms with Crippen LogP contribution in [0.2, 0.25) is 0 Å². The maximum atomic E-state index is 13.3. The van der Waals surface area contributed by atoms with Crippen molar-refractivity contribution in [2.75, 3.05) is 15.9 Å². The summed E-state index contributed by atoms with van der Waals surface area (Å²) in [5.74, 6) is -0.107. The van der Waals surface area contributed by atoms with E-state index in [1.165, 1.54) is 4.31 Å². The van der Waals surface area contributed by atoms with Crippen LogP contribution in [-0.2, 0) is 16.6 Å². The summed E-state index contributed by atoms with van der Waals surface area (Å²) in [5.41, 5.74) is 4.26. The number of nitrogens with one attached hydrogen (secondary N) is 1. The third-order valence-electron chi connectivity index (χ3n) is 5.15. The number of carbonyl (C=O) groups is 1. The Bertz CT molecular complexity index is 1170. The Morgan fingerprint density at radius 1 is 0.935 bits per heavy atom. The fraction of sp³-hybridized carbons (Fsp3) is 0.240. The molecule has 0 aliphatic heterocycles. The number of carbonyl (C=O) groups excluding carboxylic acids is 1. The number of sulfonamides is 1. The number of benzene rings is 3. The van der Waals surface area contributed by atoms with E-state index in [9.17, 15) is 13.2 Å². The summed E-state index contributed by atoms with van der Waals surface area (Å²) in [6.45, 7) is 6.24. The molecule has 0 radical (unpaired) electrons. The highest BCUT2D eigenvalue weighted by Gasteiger charge is 2.24. The van der Waals surface area contributed by atoms with Crippen LogP contribution in [0.1, 0.15) is 46.8 Å². The van der Waals surface area contributed by atoms with Gasteiger partial charge in [-0.25, -0.2) is 8.42 Å². The summed E-state index contributed by atoms with van der Waals surface area (Å²) >= 11 is 0. The van der Waals surface area contributed by atoms with Crippen molar-refractivity contribution in [2.24, 2.45) is 0 Å². The molecule has 6 heteroatoms. The first kappa shape index (κ1) is 22.6. The van der Waals surface area contributed by atoms with E-state index in [1.54, 1.807) is 24.3 Å². The first-order valence-electron chi connectivity index (χ1n) is 10.2. The highest BCUT2D eigenvalue weighted by molar-refractivity contribution is 7.92. The summed E-state index contributed by atoms with van der Waals surface area (Å²) in [6.07, 6.45) is 1.16. The number of hydrogen-bond acceptors (Lipinski definition) is 3. The molecule has 0 fully saturated rings. The SMILES string of the molecule is Cc1cccc(C(C)C)c1NC(=O)c1ccccc1N(Cc1ccccc1)S(C)(=O)=O. The van der Waals surface area contributed by atoms with Gasteiger partial charge in [0, 0.05) is 5.69 Å². The second-order valence-electron chi connectivity index (χ2n) is 7.92. The fourth-order valence-corrected chi connectivity index (χ4v) is 4.44. The summed E-state index contributed by atoms with van der Waals surface area (Å²) < 4.78 is 26.6. The van der Waals surface area contributed by atoms with Crippen LogP contribution in [0.4, 0.5) is 11.4 Å².